The van der Waals surface area contributed by atoms with E-state index >= 15 is 0 Å². The molecule has 0 N–H and O–H groups in total. The molecule has 20 heavy (non-hydrogen) atoms. The van der Waals surface area contributed by atoms with Crippen LogP contribution in [0.25, 0.3) is 0 Å². The van der Waals surface area contributed by atoms with Gasteiger partial charge in [0.25, 0.3) is 0 Å². The molecule has 98 valence electrons. The van der Waals surface area contributed by atoms with Gasteiger partial charge < -0.3 is 17.2 Å². The third-order valence-electron chi connectivity index (χ3n) is 3.22. The van der Waals surface area contributed by atoms with Crippen LogP contribution in [0.5, 0.6) is 0 Å². The van der Waals surface area contributed by atoms with Crippen molar-refractivity contribution >= 4 is 11.4 Å². The molecule has 1 aliphatic heterocycles. The Hall–Kier alpha value is -0.584. The Morgan fingerprint density at radius 1 is 0.900 bits per heavy atom. The van der Waals surface area contributed by atoms with Gasteiger partial charge in [-0.05, 0) is 19.1 Å². The van der Waals surface area contributed by atoms with Crippen molar-refractivity contribution in [3.05, 3.63) is 80.5 Å². The van der Waals surface area contributed by atoms with Crippen molar-refractivity contribution in [2.75, 3.05) is 9.80 Å². The Morgan fingerprint density at radius 2 is 1.55 bits per heavy atom. The van der Waals surface area contributed by atoms with Crippen LogP contribution < -0.4 is 61.2 Å². The van der Waals surface area contributed by atoms with Crippen molar-refractivity contribution in [2.24, 2.45) is 0 Å². The molecular weight excluding hydrogens is 271 g/mol. The van der Waals surface area contributed by atoms with Crippen LogP contribution in [0.15, 0.2) is 67.0 Å². The van der Waals surface area contributed by atoms with Crippen LogP contribution in [0.4, 0.5) is 11.4 Å². The van der Waals surface area contributed by atoms with Gasteiger partial charge in [-0.15, -0.1) is 6.07 Å². The summed E-state index contributed by atoms with van der Waals surface area (Å²) >= 11 is 0. The maximum absolute atomic E-state index is 3.26. The van der Waals surface area contributed by atoms with E-state index in [1.807, 2.05) is 24.3 Å². The fourth-order valence-corrected chi connectivity index (χ4v) is 2.25. The minimum atomic E-state index is 0. The molecule has 1 atom stereocenters. The van der Waals surface area contributed by atoms with Crippen molar-refractivity contribution in [1.29, 1.82) is 0 Å². The van der Waals surface area contributed by atoms with E-state index < -0.39 is 0 Å². The molecule has 2 aromatic carbocycles. The third-order valence-corrected chi connectivity index (χ3v) is 3.22. The van der Waals surface area contributed by atoms with E-state index in [-0.39, 0.29) is 65.0 Å². The first kappa shape index (κ1) is 17.5. The normalized spacial score (nSPS) is 16.6. The molecule has 0 aliphatic carbocycles. The van der Waals surface area contributed by atoms with E-state index in [1.54, 1.807) is 0 Å². The smallest absolute Gasteiger partial charge is 0.358 e. The van der Waals surface area contributed by atoms with Gasteiger partial charge >= 0.3 is 51.4 Å². The number of nitrogens with zero attached hydrogens (tertiary/aromatic N) is 2. The summed E-state index contributed by atoms with van der Waals surface area (Å²) in [6.07, 6.45) is 4.48. The summed E-state index contributed by atoms with van der Waals surface area (Å²) in [5.74, 6) is 0. The average Bonchev–Trinajstić information content (AvgIpc) is 2.83. The molecule has 0 unspecified atom stereocenters. The van der Waals surface area contributed by atoms with Gasteiger partial charge in [-0.1, -0.05) is 23.9 Å². The van der Waals surface area contributed by atoms with E-state index in [4.69, 9.17) is 0 Å². The summed E-state index contributed by atoms with van der Waals surface area (Å²) < 4.78 is 0. The quantitative estimate of drug-likeness (QED) is 0.603. The van der Waals surface area contributed by atoms with Gasteiger partial charge in [0.2, 0.25) is 0 Å². The first-order chi connectivity index (χ1) is 8.86. The molecule has 0 spiro atoms. The van der Waals surface area contributed by atoms with E-state index in [1.165, 1.54) is 5.69 Å². The van der Waals surface area contributed by atoms with E-state index in [0.29, 0.717) is 0 Å². The van der Waals surface area contributed by atoms with Gasteiger partial charge in [-0.3, -0.25) is 0 Å². The Kier molecular flexibility index (Phi) is 6.99. The minimum absolute atomic E-state index is 0. The summed E-state index contributed by atoms with van der Waals surface area (Å²) in [5.41, 5.74) is 2.30. The van der Waals surface area contributed by atoms with Gasteiger partial charge in [0, 0.05) is 18.1 Å². The third kappa shape index (κ3) is 3.54. The number of rotatable bonds is 2. The fraction of sp³-hybridized carbons (Fsp3) is 0.118. The second kappa shape index (κ2) is 8.01. The summed E-state index contributed by atoms with van der Waals surface area (Å²) in [7, 11) is 0. The standard InChI is InChI=1S/C16H15N2.CH3.K/c1-14-17(15-8-4-2-5-9-15)12-13-18(14)16-10-6-3-7-11-16;;/h2-10,12-14H,1H3;1H3;/q2*-1;+1/t14-;;/m0../s1. The predicted octanol–water partition coefficient (Wildman–Crippen LogP) is 1.08. The van der Waals surface area contributed by atoms with Crippen molar-refractivity contribution < 1.29 is 51.4 Å². The number of benzene rings is 2. The molecule has 0 saturated heterocycles. The molecular formula is C17H18KN2-. The van der Waals surface area contributed by atoms with E-state index in [0.717, 1.165) is 5.69 Å². The zero-order valence-electron chi connectivity index (χ0n) is 12.3. The molecule has 3 rings (SSSR count). The summed E-state index contributed by atoms with van der Waals surface area (Å²) in [5, 5.41) is 0. The summed E-state index contributed by atoms with van der Waals surface area (Å²) in [4.78, 5) is 4.47. The second-order valence-electron chi connectivity index (χ2n) is 4.33. The topological polar surface area (TPSA) is 6.48 Å². The van der Waals surface area contributed by atoms with Gasteiger partial charge in [0.1, 0.15) is 6.17 Å². The zero-order chi connectivity index (χ0) is 12.4. The van der Waals surface area contributed by atoms with Crippen molar-refractivity contribution in [3.63, 3.8) is 0 Å². The van der Waals surface area contributed by atoms with Crippen LogP contribution in [0, 0.1) is 13.5 Å². The molecule has 0 aromatic heterocycles. The second-order valence-corrected chi connectivity index (χ2v) is 4.33. The van der Waals surface area contributed by atoms with Crippen molar-refractivity contribution in [3.8, 4) is 0 Å². The van der Waals surface area contributed by atoms with Crippen molar-refractivity contribution in [2.45, 2.75) is 13.1 Å². The minimum Gasteiger partial charge on any atom is -0.358 e. The molecule has 0 bridgehead atoms. The monoisotopic (exact) mass is 289 g/mol. The first-order valence-electron chi connectivity index (χ1n) is 6.13. The van der Waals surface area contributed by atoms with Crippen LogP contribution in [-0.4, -0.2) is 6.17 Å². The molecule has 0 saturated carbocycles. The fourth-order valence-electron chi connectivity index (χ4n) is 2.25. The SMILES string of the molecule is C[C@@H]1N(c2[c-]cccc2)C=CN1c1ccccc1.[CH3-].[K+]. The van der Waals surface area contributed by atoms with Gasteiger partial charge in [0.05, 0.1) is 0 Å². The Morgan fingerprint density at radius 3 is 2.20 bits per heavy atom. The van der Waals surface area contributed by atoms with E-state index in [2.05, 4.69) is 65.5 Å². The largest absolute Gasteiger partial charge is 1.00 e. The van der Waals surface area contributed by atoms with Crippen LogP contribution in [-0.2, 0) is 0 Å². The zero-order valence-corrected chi connectivity index (χ0v) is 15.4. The molecule has 0 fully saturated rings. The Bertz CT molecular complexity index is 490. The van der Waals surface area contributed by atoms with Crippen LogP contribution in [0.2, 0.25) is 0 Å². The number of hydrogen-bond acceptors (Lipinski definition) is 2. The summed E-state index contributed by atoms with van der Waals surface area (Å²) in [6, 6.07) is 21.7. The average molecular weight is 289 g/mol. The predicted molar refractivity (Wildman–Crippen MR) is 81.7 cm³/mol. The van der Waals surface area contributed by atoms with Crippen LogP contribution in [0.3, 0.4) is 0 Å². The van der Waals surface area contributed by atoms with Crippen LogP contribution in [0.1, 0.15) is 6.92 Å². The van der Waals surface area contributed by atoms with Crippen LogP contribution >= 0.6 is 0 Å². The maximum Gasteiger partial charge on any atom is 1.00 e. The van der Waals surface area contributed by atoms with Gasteiger partial charge in [-0.2, -0.15) is 24.3 Å². The van der Waals surface area contributed by atoms with Gasteiger partial charge in [-0.25, -0.2) is 0 Å². The number of para-hydroxylation sites is 2. The molecule has 2 aromatic rings. The summed E-state index contributed by atoms with van der Waals surface area (Å²) in [6.45, 7) is 2.19. The molecule has 1 aliphatic rings. The number of hydrogen-bond donors (Lipinski definition) is 0. The Balaban J connectivity index is 0.000001000. The molecule has 0 radical (unpaired) electrons. The molecule has 3 heteroatoms. The maximum atomic E-state index is 3.26. The molecule has 0 amide bonds. The van der Waals surface area contributed by atoms with E-state index in [9.17, 15) is 0 Å². The van der Waals surface area contributed by atoms with Gasteiger partial charge in [0.15, 0.2) is 0 Å². The molecule has 2 nitrogen and oxygen atoms in total. The van der Waals surface area contributed by atoms with Crippen molar-refractivity contribution in [1.82, 2.24) is 0 Å². The Labute approximate surface area is 164 Å². The molecule has 1 heterocycles. The first-order valence-corrected chi connectivity index (χ1v) is 6.13. The number of anilines is 2.